The Morgan fingerprint density at radius 1 is 1.17 bits per heavy atom. The molecule has 1 aromatic heterocycles. The van der Waals surface area contributed by atoms with Gasteiger partial charge in [-0.05, 0) is 25.0 Å². The normalized spacial score (nSPS) is 10.7. The van der Waals surface area contributed by atoms with Gasteiger partial charge in [0.15, 0.2) is 11.6 Å². The van der Waals surface area contributed by atoms with E-state index in [0.29, 0.717) is 24.1 Å². The second kappa shape index (κ2) is 7.13. The van der Waals surface area contributed by atoms with Crippen LogP contribution in [0.4, 0.5) is 20.3 Å². The molecule has 0 saturated heterocycles. The summed E-state index contributed by atoms with van der Waals surface area (Å²) in [5.74, 6) is -1.11. The zero-order chi connectivity index (χ0) is 17.0. The van der Waals surface area contributed by atoms with E-state index in [1.165, 1.54) is 12.1 Å². The van der Waals surface area contributed by atoms with E-state index in [2.05, 4.69) is 34.4 Å². The van der Waals surface area contributed by atoms with Gasteiger partial charge in [0.2, 0.25) is 0 Å². The van der Waals surface area contributed by atoms with Gasteiger partial charge in [-0.25, -0.2) is 18.7 Å². The maximum Gasteiger partial charge on any atom is 0.274 e. The van der Waals surface area contributed by atoms with E-state index in [9.17, 15) is 13.6 Å². The van der Waals surface area contributed by atoms with Crippen molar-refractivity contribution in [3.63, 3.8) is 0 Å². The van der Waals surface area contributed by atoms with Gasteiger partial charge in [-0.2, -0.15) is 0 Å². The Morgan fingerprint density at radius 3 is 2.57 bits per heavy atom. The maximum absolute atomic E-state index is 13.2. The quantitative estimate of drug-likeness (QED) is 0.886. The van der Waals surface area contributed by atoms with E-state index in [1.54, 1.807) is 6.92 Å². The standard InChI is InChI=1S/C16H18F2N4O/c1-9(2)8-19-15-7-14(20-10(3)21-15)16(23)22-11-4-5-12(17)13(18)6-11/h4-7,9H,8H2,1-3H3,(H,22,23)(H,19,20,21). The molecule has 23 heavy (non-hydrogen) atoms. The van der Waals surface area contributed by atoms with Crippen molar-refractivity contribution in [1.82, 2.24) is 9.97 Å². The molecule has 122 valence electrons. The number of rotatable bonds is 5. The average molecular weight is 320 g/mol. The summed E-state index contributed by atoms with van der Waals surface area (Å²) in [5.41, 5.74) is 0.301. The number of aromatic nitrogens is 2. The molecule has 1 heterocycles. The molecule has 2 N–H and O–H groups in total. The third-order valence-electron chi connectivity index (χ3n) is 2.94. The Balaban J connectivity index is 2.16. The molecule has 2 aromatic rings. The van der Waals surface area contributed by atoms with Crippen molar-refractivity contribution >= 4 is 17.4 Å². The van der Waals surface area contributed by atoms with Gasteiger partial charge in [-0.15, -0.1) is 0 Å². The van der Waals surface area contributed by atoms with Crippen LogP contribution in [0.1, 0.15) is 30.2 Å². The predicted molar refractivity (Wildman–Crippen MR) is 84.4 cm³/mol. The maximum atomic E-state index is 13.2. The number of halogens is 2. The minimum absolute atomic E-state index is 0.147. The van der Waals surface area contributed by atoms with Crippen LogP contribution in [0.3, 0.4) is 0 Å². The number of hydrogen-bond acceptors (Lipinski definition) is 4. The van der Waals surface area contributed by atoms with E-state index in [-0.39, 0.29) is 11.4 Å². The monoisotopic (exact) mass is 320 g/mol. The van der Waals surface area contributed by atoms with Gasteiger partial charge in [0.1, 0.15) is 17.3 Å². The second-order valence-corrected chi connectivity index (χ2v) is 5.54. The van der Waals surface area contributed by atoms with Crippen LogP contribution in [0.5, 0.6) is 0 Å². The van der Waals surface area contributed by atoms with Gasteiger partial charge in [0.05, 0.1) is 0 Å². The smallest absolute Gasteiger partial charge is 0.274 e. The number of nitrogens with one attached hydrogen (secondary N) is 2. The van der Waals surface area contributed by atoms with Gasteiger partial charge in [-0.3, -0.25) is 4.79 Å². The zero-order valence-corrected chi connectivity index (χ0v) is 13.2. The minimum Gasteiger partial charge on any atom is -0.370 e. The molecule has 0 aliphatic rings. The van der Waals surface area contributed by atoms with Crippen molar-refractivity contribution in [2.24, 2.45) is 5.92 Å². The Labute approximate surface area is 133 Å². The topological polar surface area (TPSA) is 66.9 Å². The van der Waals surface area contributed by atoms with Crippen LogP contribution in [0, 0.1) is 24.5 Å². The minimum atomic E-state index is -1.03. The molecule has 0 aliphatic heterocycles. The average Bonchev–Trinajstić information content (AvgIpc) is 2.48. The second-order valence-electron chi connectivity index (χ2n) is 5.54. The summed E-state index contributed by atoms with van der Waals surface area (Å²) in [6.07, 6.45) is 0. The third-order valence-corrected chi connectivity index (χ3v) is 2.94. The first kappa shape index (κ1) is 16.8. The van der Waals surface area contributed by atoms with Gasteiger partial charge in [0, 0.05) is 24.4 Å². The SMILES string of the molecule is Cc1nc(NCC(C)C)cc(C(=O)Nc2ccc(F)c(F)c2)n1. The lowest BCUT2D eigenvalue weighted by Gasteiger charge is -2.10. The molecule has 5 nitrogen and oxygen atoms in total. The lowest BCUT2D eigenvalue weighted by molar-refractivity contribution is 0.102. The van der Waals surface area contributed by atoms with Crippen LogP contribution in [-0.4, -0.2) is 22.4 Å². The van der Waals surface area contributed by atoms with Gasteiger partial charge < -0.3 is 10.6 Å². The number of carbonyl (C=O) groups is 1. The van der Waals surface area contributed by atoms with Gasteiger partial charge in [-0.1, -0.05) is 13.8 Å². The van der Waals surface area contributed by atoms with Crippen molar-refractivity contribution in [2.75, 3.05) is 17.2 Å². The van der Waals surface area contributed by atoms with Crippen LogP contribution < -0.4 is 10.6 Å². The van der Waals surface area contributed by atoms with E-state index >= 15 is 0 Å². The van der Waals surface area contributed by atoms with E-state index in [4.69, 9.17) is 0 Å². The van der Waals surface area contributed by atoms with Crippen molar-refractivity contribution < 1.29 is 13.6 Å². The van der Waals surface area contributed by atoms with E-state index < -0.39 is 17.5 Å². The van der Waals surface area contributed by atoms with E-state index in [1.807, 2.05) is 0 Å². The van der Waals surface area contributed by atoms with Crippen LogP contribution in [0.25, 0.3) is 0 Å². The molecule has 7 heteroatoms. The van der Waals surface area contributed by atoms with Crippen LogP contribution in [0.2, 0.25) is 0 Å². The number of anilines is 2. The number of nitrogens with zero attached hydrogens (tertiary/aromatic N) is 2. The summed E-state index contributed by atoms with van der Waals surface area (Å²) in [4.78, 5) is 20.5. The van der Waals surface area contributed by atoms with Crippen molar-refractivity contribution in [2.45, 2.75) is 20.8 Å². The van der Waals surface area contributed by atoms with Crippen LogP contribution >= 0.6 is 0 Å². The van der Waals surface area contributed by atoms with Crippen LogP contribution in [-0.2, 0) is 0 Å². The molecule has 1 amide bonds. The van der Waals surface area contributed by atoms with Crippen molar-refractivity contribution in [3.8, 4) is 0 Å². The van der Waals surface area contributed by atoms with Crippen molar-refractivity contribution in [3.05, 3.63) is 47.4 Å². The molecule has 0 atom stereocenters. The Hall–Kier alpha value is -2.57. The Bertz CT molecular complexity index is 719. The predicted octanol–water partition coefficient (Wildman–Crippen LogP) is 3.38. The summed E-state index contributed by atoms with van der Waals surface area (Å²) in [5, 5.41) is 5.60. The highest BCUT2D eigenvalue weighted by Gasteiger charge is 2.12. The largest absolute Gasteiger partial charge is 0.370 e. The first-order valence-electron chi connectivity index (χ1n) is 7.21. The van der Waals surface area contributed by atoms with Gasteiger partial charge >= 0.3 is 0 Å². The highest BCUT2D eigenvalue weighted by Crippen LogP contribution is 2.15. The fourth-order valence-corrected chi connectivity index (χ4v) is 1.85. The molecule has 2 rings (SSSR count). The van der Waals surface area contributed by atoms with Gasteiger partial charge in [0.25, 0.3) is 5.91 Å². The summed E-state index contributed by atoms with van der Waals surface area (Å²) >= 11 is 0. The molecule has 0 spiro atoms. The molecule has 0 unspecified atom stereocenters. The fourth-order valence-electron chi connectivity index (χ4n) is 1.85. The fraction of sp³-hybridized carbons (Fsp3) is 0.312. The number of aryl methyl sites for hydroxylation is 1. The summed E-state index contributed by atoms with van der Waals surface area (Å²) < 4.78 is 26.1. The molecular formula is C16H18F2N4O. The summed E-state index contributed by atoms with van der Waals surface area (Å²) in [7, 11) is 0. The van der Waals surface area contributed by atoms with Crippen molar-refractivity contribution in [1.29, 1.82) is 0 Å². The number of benzene rings is 1. The number of carbonyl (C=O) groups excluding carboxylic acids is 1. The molecule has 0 aliphatic carbocycles. The molecule has 0 bridgehead atoms. The number of hydrogen-bond donors (Lipinski definition) is 2. The first-order chi connectivity index (χ1) is 10.8. The number of amides is 1. The van der Waals surface area contributed by atoms with Crippen LogP contribution in [0.15, 0.2) is 24.3 Å². The molecule has 1 aromatic carbocycles. The lowest BCUT2D eigenvalue weighted by atomic mass is 10.2. The summed E-state index contributed by atoms with van der Waals surface area (Å²) in [6, 6.07) is 4.66. The Kier molecular flexibility index (Phi) is 5.20. The molecular weight excluding hydrogens is 302 g/mol. The molecule has 0 fully saturated rings. The molecule has 0 radical (unpaired) electrons. The molecule has 0 saturated carbocycles. The highest BCUT2D eigenvalue weighted by atomic mass is 19.2. The Morgan fingerprint density at radius 2 is 1.91 bits per heavy atom. The summed E-state index contributed by atoms with van der Waals surface area (Å²) in [6.45, 7) is 6.49. The third kappa shape index (κ3) is 4.70. The lowest BCUT2D eigenvalue weighted by Crippen LogP contribution is -2.17. The van der Waals surface area contributed by atoms with E-state index in [0.717, 1.165) is 12.1 Å². The zero-order valence-electron chi connectivity index (χ0n) is 13.2. The first-order valence-corrected chi connectivity index (χ1v) is 7.21. The highest BCUT2D eigenvalue weighted by molar-refractivity contribution is 6.03.